The molecule has 1 N–H and O–H groups in total. The van der Waals surface area contributed by atoms with Gasteiger partial charge >= 0.3 is 0 Å². The van der Waals surface area contributed by atoms with Crippen LogP contribution >= 0.6 is 0 Å². The second-order valence-electron chi connectivity index (χ2n) is 5.20. The van der Waals surface area contributed by atoms with Crippen molar-refractivity contribution >= 4 is 18.5 Å². The first-order valence-corrected chi connectivity index (χ1v) is 7.13. The van der Waals surface area contributed by atoms with E-state index in [9.17, 15) is 14.4 Å². The number of rotatable bonds is 8. The van der Waals surface area contributed by atoms with E-state index in [1.54, 1.807) is 6.07 Å². The zero-order chi connectivity index (χ0) is 15.2. The first-order chi connectivity index (χ1) is 10.2. The molecule has 0 bridgehead atoms. The Morgan fingerprint density at radius 3 is 2.81 bits per heavy atom. The summed E-state index contributed by atoms with van der Waals surface area (Å²) in [6, 6.07) is 5.09. The summed E-state index contributed by atoms with van der Waals surface area (Å²) in [5, 5.41) is 8.86. The zero-order valence-electron chi connectivity index (χ0n) is 11.8. The molecule has 5 heteroatoms. The normalized spacial score (nSPS) is 14.9. The molecule has 1 aliphatic rings. The molecule has 0 fully saturated rings. The molecule has 0 radical (unpaired) electrons. The van der Waals surface area contributed by atoms with Gasteiger partial charge in [0.15, 0.2) is 0 Å². The molecule has 112 valence electrons. The molecular weight excluding hydrogens is 270 g/mol. The molecule has 0 aliphatic carbocycles. The van der Waals surface area contributed by atoms with Crippen LogP contribution in [-0.4, -0.2) is 41.1 Å². The van der Waals surface area contributed by atoms with Gasteiger partial charge in [0.05, 0.1) is 6.04 Å². The van der Waals surface area contributed by atoms with E-state index in [0.29, 0.717) is 24.9 Å². The van der Waals surface area contributed by atoms with Crippen LogP contribution in [0, 0.1) is 0 Å². The largest absolute Gasteiger partial charge is 0.396 e. The summed E-state index contributed by atoms with van der Waals surface area (Å²) >= 11 is 0. The lowest BCUT2D eigenvalue weighted by Crippen LogP contribution is -2.36. The van der Waals surface area contributed by atoms with Crippen molar-refractivity contribution in [3.8, 4) is 0 Å². The number of benzene rings is 1. The molecule has 0 saturated carbocycles. The summed E-state index contributed by atoms with van der Waals surface area (Å²) in [5.41, 5.74) is 2.61. The number of aliphatic hydroxyl groups excluding tert-OH is 1. The Morgan fingerprint density at radius 1 is 1.33 bits per heavy atom. The first-order valence-electron chi connectivity index (χ1n) is 7.13. The third kappa shape index (κ3) is 3.36. The van der Waals surface area contributed by atoms with Gasteiger partial charge in [-0.05, 0) is 36.5 Å². The number of carbonyl (C=O) groups excluding carboxylic acids is 3. The third-order valence-corrected chi connectivity index (χ3v) is 3.76. The monoisotopic (exact) mass is 289 g/mol. The highest BCUT2D eigenvalue weighted by Gasteiger charge is 2.32. The Morgan fingerprint density at radius 2 is 2.14 bits per heavy atom. The van der Waals surface area contributed by atoms with E-state index >= 15 is 0 Å². The molecule has 5 nitrogen and oxygen atoms in total. The van der Waals surface area contributed by atoms with Gasteiger partial charge in [-0.25, -0.2) is 0 Å². The van der Waals surface area contributed by atoms with Gasteiger partial charge in [0.25, 0.3) is 5.91 Å². The van der Waals surface area contributed by atoms with E-state index in [1.807, 2.05) is 12.1 Å². The van der Waals surface area contributed by atoms with Crippen LogP contribution < -0.4 is 0 Å². The summed E-state index contributed by atoms with van der Waals surface area (Å²) in [4.78, 5) is 35.5. The fourth-order valence-corrected chi connectivity index (χ4v) is 2.64. The average Bonchev–Trinajstić information content (AvgIpc) is 2.83. The van der Waals surface area contributed by atoms with Crippen molar-refractivity contribution in [3.05, 3.63) is 34.9 Å². The van der Waals surface area contributed by atoms with Crippen molar-refractivity contribution < 1.29 is 19.5 Å². The third-order valence-electron chi connectivity index (χ3n) is 3.76. The van der Waals surface area contributed by atoms with E-state index in [1.165, 1.54) is 4.90 Å². The van der Waals surface area contributed by atoms with Crippen LogP contribution in [0.15, 0.2) is 18.2 Å². The van der Waals surface area contributed by atoms with Gasteiger partial charge in [-0.1, -0.05) is 12.1 Å². The van der Waals surface area contributed by atoms with Crippen LogP contribution in [0.1, 0.15) is 40.7 Å². The number of amides is 1. The zero-order valence-corrected chi connectivity index (χ0v) is 11.8. The topological polar surface area (TPSA) is 74.7 Å². The maximum Gasteiger partial charge on any atom is 0.255 e. The smallest absolute Gasteiger partial charge is 0.255 e. The highest BCUT2D eigenvalue weighted by molar-refractivity contribution is 5.99. The Labute approximate surface area is 123 Å². The Hall–Kier alpha value is -2.01. The van der Waals surface area contributed by atoms with E-state index in [0.717, 1.165) is 30.1 Å². The molecule has 1 amide bonds. The van der Waals surface area contributed by atoms with Crippen molar-refractivity contribution in [1.29, 1.82) is 0 Å². The second-order valence-corrected chi connectivity index (χ2v) is 5.20. The lowest BCUT2D eigenvalue weighted by molar-refractivity contribution is -0.112. The second kappa shape index (κ2) is 7.13. The summed E-state index contributed by atoms with van der Waals surface area (Å²) in [6.07, 6.45) is 3.58. The number of nitrogens with zero attached hydrogens (tertiary/aromatic N) is 1. The van der Waals surface area contributed by atoms with Crippen molar-refractivity contribution in [3.63, 3.8) is 0 Å². The fraction of sp³-hybridized carbons (Fsp3) is 0.438. The van der Waals surface area contributed by atoms with Crippen LogP contribution in [0.3, 0.4) is 0 Å². The lowest BCUT2D eigenvalue weighted by atomic mass is 10.0. The molecular formula is C16H19NO4. The number of aryl methyl sites for hydroxylation is 1. The predicted octanol–water partition coefficient (Wildman–Crippen LogP) is 1.11. The molecule has 1 atom stereocenters. The predicted molar refractivity (Wildman–Crippen MR) is 76.9 cm³/mol. The van der Waals surface area contributed by atoms with Crippen LogP contribution in [-0.2, 0) is 22.6 Å². The van der Waals surface area contributed by atoms with E-state index < -0.39 is 6.04 Å². The number of aldehydes is 2. The number of hydrogen-bond acceptors (Lipinski definition) is 4. The van der Waals surface area contributed by atoms with Crippen molar-refractivity contribution in [1.82, 2.24) is 4.90 Å². The molecule has 2 rings (SSSR count). The highest BCUT2D eigenvalue weighted by atomic mass is 16.3. The molecule has 1 aliphatic heterocycles. The molecule has 1 aromatic carbocycles. The van der Waals surface area contributed by atoms with Crippen molar-refractivity contribution in [2.24, 2.45) is 0 Å². The standard InChI is InChI=1S/C16H19NO4/c18-7-1-3-12-5-6-15-13(9-12)10-17(16(15)21)14(11-20)4-2-8-19/h5-6,8-9,11,14,18H,1-4,7,10H2. The molecule has 0 saturated heterocycles. The number of aliphatic hydroxyl groups is 1. The van der Waals surface area contributed by atoms with Gasteiger partial charge in [0.2, 0.25) is 0 Å². The minimum Gasteiger partial charge on any atom is -0.396 e. The van der Waals surface area contributed by atoms with Gasteiger partial charge in [0, 0.05) is 25.1 Å². The lowest BCUT2D eigenvalue weighted by Gasteiger charge is -2.22. The van der Waals surface area contributed by atoms with E-state index in [4.69, 9.17) is 5.11 Å². The molecule has 1 aromatic rings. The Bertz CT molecular complexity index is 541. The van der Waals surface area contributed by atoms with Gasteiger partial charge in [-0.3, -0.25) is 4.79 Å². The van der Waals surface area contributed by atoms with E-state index in [2.05, 4.69) is 0 Å². The molecule has 0 spiro atoms. The van der Waals surface area contributed by atoms with Crippen LogP contribution in [0.2, 0.25) is 0 Å². The number of carbonyl (C=O) groups is 3. The maximum atomic E-state index is 12.3. The first kappa shape index (κ1) is 15.4. The summed E-state index contributed by atoms with van der Waals surface area (Å²) in [7, 11) is 0. The van der Waals surface area contributed by atoms with Gasteiger partial charge in [-0.2, -0.15) is 0 Å². The van der Waals surface area contributed by atoms with Crippen LogP contribution in [0.25, 0.3) is 0 Å². The maximum absolute atomic E-state index is 12.3. The van der Waals surface area contributed by atoms with Crippen LogP contribution in [0.4, 0.5) is 0 Å². The van der Waals surface area contributed by atoms with Crippen LogP contribution in [0.5, 0.6) is 0 Å². The summed E-state index contributed by atoms with van der Waals surface area (Å²) in [6.45, 7) is 0.546. The molecule has 1 heterocycles. The molecule has 1 unspecified atom stereocenters. The minimum atomic E-state index is -0.545. The van der Waals surface area contributed by atoms with Gasteiger partial charge < -0.3 is 19.6 Å². The molecule has 0 aromatic heterocycles. The van der Waals surface area contributed by atoms with Crippen molar-refractivity contribution in [2.75, 3.05) is 6.61 Å². The van der Waals surface area contributed by atoms with Crippen molar-refractivity contribution in [2.45, 2.75) is 38.3 Å². The average molecular weight is 289 g/mol. The number of fused-ring (bicyclic) bond motifs is 1. The summed E-state index contributed by atoms with van der Waals surface area (Å²) < 4.78 is 0. The van der Waals surface area contributed by atoms with Gasteiger partial charge in [0.1, 0.15) is 12.6 Å². The summed E-state index contributed by atoms with van der Waals surface area (Å²) in [5.74, 6) is -0.151. The SMILES string of the molecule is O=CCCC(C=O)N1Cc2cc(CCCO)ccc2C1=O. The minimum absolute atomic E-state index is 0.140. The quantitative estimate of drug-likeness (QED) is 0.728. The molecule has 21 heavy (non-hydrogen) atoms. The Kier molecular flexibility index (Phi) is 5.22. The Balaban J connectivity index is 2.14. The fourth-order valence-electron chi connectivity index (χ4n) is 2.64. The van der Waals surface area contributed by atoms with E-state index in [-0.39, 0.29) is 18.9 Å². The van der Waals surface area contributed by atoms with Gasteiger partial charge in [-0.15, -0.1) is 0 Å². The highest BCUT2D eigenvalue weighted by Crippen LogP contribution is 2.26. The number of hydrogen-bond donors (Lipinski definition) is 1.